The minimum atomic E-state index is 0.0219. The van der Waals surface area contributed by atoms with Crippen molar-refractivity contribution in [3.8, 4) is 0 Å². The highest BCUT2D eigenvalue weighted by molar-refractivity contribution is 7.09. The number of thiophene rings is 1. The lowest BCUT2D eigenvalue weighted by Crippen LogP contribution is -2.38. The summed E-state index contributed by atoms with van der Waals surface area (Å²) in [4.78, 5) is 16.4. The van der Waals surface area contributed by atoms with Crippen LogP contribution < -0.4 is 10.3 Å². The van der Waals surface area contributed by atoms with Crippen molar-refractivity contribution in [3.05, 3.63) is 52.2 Å². The van der Waals surface area contributed by atoms with E-state index in [0.717, 1.165) is 68.9 Å². The molecular weight excluding hydrogens is 368 g/mol. The van der Waals surface area contributed by atoms with E-state index in [4.69, 9.17) is 0 Å². The molecule has 0 spiro atoms. The maximum Gasteiger partial charge on any atom is 0.251 e. The van der Waals surface area contributed by atoms with Gasteiger partial charge in [0.05, 0.1) is 5.69 Å². The van der Waals surface area contributed by atoms with Crippen LogP contribution in [0.1, 0.15) is 41.4 Å². The van der Waals surface area contributed by atoms with Gasteiger partial charge in [0.15, 0.2) is 0 Å². The topological polar surface area (TPSA) is 47.9 Å². The van der Waals surface area contributed by atoms with E-state index in [0.29, 0.717) is 5.92 Å². The van der Waals surface area contributed by atoms with Crippen molar-refractivity contribution in [3.63, 3.8) is 0 Å². The normalized spacial score (nSPS) is 18.3. The molecule has 0 atom stereocenters. The lowest BCUT2D eigenvalue weighted by Gasteiger charge is -2.31. The summed E-state index contributed by atoms with van der Waals surface area (Å²) in [5.41, 5.74) is 2.92. The number of piperidine rings is 1. The summed E-state index contributed by atoms with van der Waals surface area (Å²) in [6, 6.07) is 12.1. The van der Waals surface area contributed by atoms with Crippen molar-refractivity contribution in [2.75, 3.05) is 31.2 Å². The van der Waals surface area contributed by atoms with Gasteiger partial charge < -0.3 is 5.32 Å². The first-order valence-corrected chi connectivity index (χ1v) is 11.0. The van der Waals surface area contributed by atoms with E-state index in [1.165, 1.54) is 4.88 Å². The molecule has 1 amide bonds. The number of nitrogens with one attached hydrogen (secondary N) is 1. The highest BCUT2D eigenvalue weighted by Gasteiger charge is 2.20. The number of carbonyl (C=O) groups excluding carboxylic acids is 1. The highest BCUT2D eigenvalue weighted by Crippen LogP contribution is 2.21. The number of anilines is 1. The molecule has 0 radical (unpaired) electrons. The van der Waals surface area contributed by atoms with Crippen LogP contribution in [0.15, 0.2) is 46.9 Å². The average molecular weight is 397 g/mol. The molecule has 2 aliphatic heterocycles. The number of likely N-dealkylation sites (tertiary alicyclic amines) is 1. The van der Waals surface area contributed by atoms with Crippen molar-refractivity contribution in [2.45, 2.75) is 32.7 Å². The Morgan fingerprint density at radius 3 is 2.61 bits per heavy atom. The van der Waals surface area contributed by atoms with Gasteiger partial charge >= 0.3 is 0 Å². The molecule has 1 saturated heterocycles. The van der Waals surface area contributed by atoms with Crippen molar-refractivity contribution in [1.82, 2.24) is 10.2 Å². The molecule has 4 rings (SSSR count). The fourth-order valence-corrected chi connectivity index (χ4v) is 4.60. The number of hydrazone groups is 1. The standard InChI is InChI=1S/C22H28N4OS/c1-17-8-13-26(24-17)20-6-4-19(5-7-20)22(27)23-15-18-9-11-25(12-10-18)16-21-3-2-14-28-21/h2-7,14,18H,8-13,15-16H2,1H3,(H,23,27). The minimum Gasteiger partial charge on any atom is -0.352 e. The smallest absolute Gasteiger partial charge is 0.251 e. The van der Waals surface area contributed by atoms with Crippen molar-refractivity contribution < 1.29 is 4.79 Å². The number of rotatable bonds is 6. The summed E-state index contributed by atoms with van der Waals surface area (Å²) in [5, 5.41) is 11.8. The minimum absolute atomic E-state index is 0.0219. The van der Waals surface area contributed by atoms with Crippen LogP contribution >= 0.6 is 11.3 Å². The van der Waals surface area contributed by atoms with E-state index in [9.17, 15) is 4.79 Å². The Morgan fingerprint density at radius 1 is 1.18 bits per heavy atom. The Bertz CT molecular complexity index is 808. The van der Waals surface area contributed by atoms with E-state index in [-0.39, 0.29) is 5.91 Å². The van der Waals surface area contributed by atoms with Gasteiger partial charge in [-0.05, 0) is 74.5 Å². The molecule has 6 heteroatoms. The van der Waals surface area contributed by atoms with Crippen LogP contribution in [0, 0.1) is 5.92 Å². The summed E-state index contributed by atoms with van der Waals surface area (Å²) in [6.07, 6.45) is 3.31. The molecule has 2 aliphatic rings. The second kappa shape index (κ2) is 8.88. The monoisotopic (exact) mass is 396 g/mol. The third kappa shape index (κ3) is 4.80. The molecule has 0 unspecified atom stereocenters. The summed E-state index contributed by atoms with van der Waals surface area (Å²) < 4.78 is 0. The Morgan fingerprint density at radius 2 is 1.96 bits per heavy atom. The molecule has 148 valence electrons. The molecule has 1 fully saturated rings. The van der Waals surface area contributed by atoms with Crippen LogP contribution in [0.2, 0.25) is 0 Å². The first-order chi connectivity index (χ1) is 13.7. The van der Waals surface area contributed by atoms with E-state index in [1.807, 2.05) is 40.6 Å². The van der Waals surface area contributed by atoms with Gasteiger partial charge in [0.1, 0.15) is 0 Å². The molecule has 1 aromatic carbocycles. The molecular formula is C22H28N4OS. The Hall–Kier alpha value is -2.18. The van der Waals surface area contributed by atoms with Crippen LogP contribution in [-0.2, 0) is 6.54 Å². The largest absolute Gasteiger partial charge is 0.352 e. The first kappa shape index (κ1) is 19.2. The van der Waals surface area contributed by atoms with Crippen molar-refractivity contribution in [1.29, 1.82) is 0 Å². The van der Waals surface area contributed by atoms with E-state index < -0.39 is 0 Å². The molecule has 1 aromatic heterocycles. The Labute approximate surface area is 171 Å². The van der Waals surface area contributed by atoms with Gasteiger partial charge in [0.25, 0.3) is 5.91 Å². The first-order valence-electron chi connectivity index (χ1n) is 10.1. The number of nitrogens with zero attached hydrogens (tertiary/aromatic N) is 3. The molecule has 0 bridgehead atoms. The van der Waals surface area contributed by atoms with Gasteiger partial charge in [0, 0.05) is 42.2 Å². The average Bonchev–Trinajstić information content (AvgIpc) is 3.39. The lowest BCUT2D eigenvalue weighted by molar-refractivity contribution is 0.0935. The maximum atomic E-state index is 12.5. The molecule has 1 N–H and O–H groups in total. The number of benzene rings is 1. The van der Waals surface area contributed by atoms with Gasteiger partial charge in [-0.15, -0.1) is 11.3 Å². The SMILES string of the molecule is CC1=NN(c2ccc(C(=O)NCC3CCN(Cc4cccs4)CC3)cc2)CC1. The molecule has 3 heterocycles. The molecule has 0 aliphatic carbocycles. The number of carbonyl (C=O) groups is 1. The summed E-state index contributed by atoms with van der Waals surface area (Å²) in [6.45, 7) is 7.02. The second-order valence-corrected chi connectivity index (χ2v) is 8.80. The number of hydrogen-bond acceptors (Lipinski definition) is 5. The molecule has 0 saturated carbocycles. The van der Waals surface area contributed by atoms with Gasteiger partial charge in [0.2, 0.25) is 0 Å². The zero-order chi connectivity index (χ0) is 19.3. The van der Waals surface area contributed by atoms with Crippen molar-refractivity contribution >= 4 is 28.6 Å². The van der Waals surface area contributed by atoms with E-state index >= 15 is 0 Å². The predicted molar refractivity (Wildman–Crippen MR) is 116 cm³/mol. The van der Waals surface area contributed by atoms with Crippen LogP contribution in [0.5, 0.6) is 0 Å². The fourth-order valence-electron chi connectivity index (χ4n) is 3.86. The Balaban J connectivity index is 1.21. The maximum absolute atomic E-state index is 12.5. The third-order valence-corrected chi connectivity index (χ3v) is 6.48. The highest BCUT2D eigenvalue weighted by atomic mass is 32.1. The Kier molecular flexibility index (Phi) is 6.07. The third-order valence-electron chi connectivity index (χ3n) is 5.62. The van der Waals surface area contributed by atoms with Crippen molar-refractivity contribution in [2.24, 2.45) is 11.0 Å². The fraction of sp³-hybridized carbons (Fsp3) is 0.455. The van der Waals surface area contributed by atoms with Crippen LogP contribution in [0.25, 0.3) is 0 Å². The van der Waals surface area contributed by atoms with E-state index in [2.05, 4.69) is 39.8 Å². The van der Waals surface area contributed by atoms with Gasteiger partial charge in [-0.3, -0.25) is 14.7 Å². The summed E-state index contributed by atoms with van der Waals surface area (Å²) >= 11 is 1.83. The van der Waals surface area contributed by atoms with E-state index in [1.54, 1.807) is 0 Å². The second-order valence-electron chi connectivity index (χ2n) is 7.76. The van der Waals surface area contributed by atoms with Gasteiger partial charge in [-0.25, -0.2) is 0 Å². The summed E-state index contributed by atoms with van der Waals surface area (Å²) in [7, 11) is 0. The van der Waals surface area contributed by atoms with Crippen LogP contribution in [-0.4, -0.2) is 42.7 Å². The molecule has 5 nitrogen and oxygen atoms in total. The van der Waals surface area contributed by atoms with Crippen LogP contribution in [0.3, 0.4) is 0 Å². The summed E-state index contributed by atoms with van der Waals surface area (Å²) in [5.74, 6) is 0.596. The quantitative estimate of drug-likeness (QED) is 0.804. The number of amides is 1. The molecule has 28 heavy (non-hydrogen) atoms. The van der Waals surface area contributed by atoms with Gasteiger partial charge in [-0.1, -0.05) is 6.07 Å². The zero-order valence-electron chi connectivity index (χ0n) is 16.4. The zero-order valence-corrected chi connectivity index (χ0v) is 17.3. The number of hydrogen-bond donors (Lipinski definition) is 1. The molecule has 2 aromatic rings. The predicted octanol–water partition coefficient (Wildman–Crippen LogP) is 3.98. The lowest BCUT2D eigenvalue weighted by atomic mass is 9.96. The van der Waals surface area contributed by atoms with Crippen LogP contribution in [0.4, 0.5) is 5.69 Å². The van der Waals surface area contributed by atoms with Gasteiger partial charge in [-0.2, -0.15) is 5.10 Å².